The number of benzene rings is 1. The van der Waals surface area contributed by atoms with Crippen molar-refractivity contribution in [3.63, 3.8) is 0 Å². The van der Waals surface area contributed by atoms with Gasteiger partial charge in [0.15, 0.2) is 0 Å². The van der Waals surface area contributed by atoms with E-state index in [0.717, 1.165) is 16.7 Å². The van der Waals surface area contributed by atoms with E-state index < -0.39 is 5.60 Å². The largest absolute Gasteiger partial charge is 0.461 e. The van der Waals surface area contributed by atoms with Crippen LogP contribution in [0.25, 0.3) is 11.0 Å². The summed E-state index contributed by atoms with van der Waals surface area (Å²) in [5, 5.41) is 14.0. The number of hydrogen-bond acceptors (Lipinski definition) is 5. The summed E-state index contributed by atoms with van der Waals surface area (Å²) in [5.74, 6) is 0.278. The van der Waals surface area contributed by atoms with Crippen LogP contribution in [0.2, 0.25) is 0 Å². The quantitative estimate of drug-likeness (QED) is 0.868. The maximum Gasteiger partial charge on any atom is 0.254 e. The van der Waals surface area contributed by atoms with Crippen molar-refractivity contribution in [2.24, 2.45) is 0 Å². The number of aliphatic hydroxyl groups is 1. The zero-order valence-corrected chi connectivity index (χ0v) is 14.4. The van der Waals surface area contributed by atoms with E-state index in [1.165, 1.54) is 11.9 Å². The summed E-state index contributed by atoms with van der Waals surface area (Å²) < 4.78 is 10.9. The highest BCUT2D eigenvalue weighted by Crippen LogP contribution is 2.23. The molecule has 25 heavy (non-hydrogen) atoms. The molecule has 1 saturated heterocycles. The third-order valence-electron chi connectivity index (χ3n) is 4.30. The SMILES string of the molecule is CNC(=O)C[C@@]1(O)COCCN(C(=O)c2ccc3oc(C)cc3c2)C1. The molecule has 0 saturated carbocycles. The van der Waals surface area contributed by atoms with Crippen molar-refractivity contribution >= 4 is 22.8 Å². The van der Waals surface area contributed by atoms with Gasteiger partial charge in [0, 0.05) is 24.5 Å². The number of aryl methyl sites for hydroxylation is 1. The first-order chi connectivity index (χ1) is 11.9. The molecule has 0 aliphatic carbocycles. The zero-order valence-electron chi connectivity index (χ0n) is 14.4. The van der Waals surface area contributed by atoms with E-state index in [2.05, 4.69) is 5.32 Å². The van der Waals surface area contributed by atoms with Gasteiger partial charge in [0.2, 0.25) is 5.91 Å². The average Bonchev–Trinajstić information content (AvgIpc) is 2.84. The number of nitrogens with one attached hydrogen (secondary N) is 1. The van der Waals surface area contributed by atoms with Crippen molar-refractivity contribution in [3.05, 3.63) is 35.6 Å². The molecular weight excluding hydrogens is 324 g/mol. The number of rotatable bonds is 3. The van der Waals surface area contributed by atoms with Crippen LogP contribution in [0.1, 0.15) is 22.5 Å². The van der Waals surface area contributed by atoms with E-state index in [9.17, 15) is 14.7 Å². The third kappa shape index (κ3) is 3.83. The van der Waals surface area contributed by atoms with Gasteiger partial charge in [0.05, 0.1) is 26.2 Å². The van der Waals surface area contributed by atoms with Gasteiger partial charge >= 0.3 is 0 Å². The molecule has 134 valence electrons. The topological polar surface area (TPSA) is 92.0 Å². The standard InChI is InChI=1S/C18H22N2O5/c1-12-7-14-8-13(3-4-15(14)25-12)17(22)20-5-6-24-11-18(23,10-20)9-16(21)19-2/h3-4,7-8,23H,5-6,9-11H2,1-2H3,(H,19,21)/t18-/m0/s1. The van der Waals surface area contributed by atoms with Crippen LogP contribution in [0, 0.1) is 6.92 Å². The van der Waals surface area contributed by atoms with Crippen LogP contribution in [0.4, 0.5) is 0 Å². The number of fused-ring (bicyclic) bond motifs is 1. The monoisotopic (exact) mass is 346 g/mol. The van der Waals surface area contributed by atoms with Crippen molar-refractivity contribution in [3.8, 4) is 0 Å². The lowest BCUT2D eigenvalue weighted by atomic mass is 9.99. The minimum atomic E-state index is -1.40. The van der Waals surface area contributed by atoms with Gasteiger partial charge in [-0.05, 0) is 31.2 Å². The van der Waals surface area contributed by atoms with E-state index in [1.54, 1.807) is 18.2 Å². The van der Waals surface area contributed by atoms with Crippen LogP contribution in [-0.2, 0) is 9.53 Å². The predicted molar refractivity (Wildman–Crippen MR) is 91.3 cm³/mol. The molecule has 1 aromatic carbocycles. The summed E-state index contributed by atoms with van der Waals surface area (Å²) in [7, 11) is 1.51. The summed E-state index contributed by atoms with van der Waals surface area (Å²) in [5.41, 5.74) is -0.162. The maximum absolute atomic E-state index is 12.9. The number of nitrogens with zero attached hydrogens (tertiary/aromatic N) is 1. The van der Waals surface area contributed by atoms with Gasteiger partial charge in [-0.3, -0.25) is 9.59 Å². The lowest BCUT2D eigenvalue weighted by Crippen LogP contribution is -2.49. The van der Waals surface area contributed by atoms with Gasteiger partial charge < -0.3 is 24.5 Å². The van der Waals surface area contributed by atoms with Crippen molar-refractivity contribution < 1.29 is 23.8 Å². The lowest BCUT2D eigenvalue weighted by Gasteiger charge is -2.30. The summed E-state index contributed by atoms with van der Waals surface area (Å²) in [6.45, 7) is 2.59. The molecule has 1 atom stereocenters. The predicted octanol–water partition coefficient (Wildman–Crippen LogP) is 1.08. The molecule has 0 bridgehead atoms. The molecule has 2 amide bonds. The number of amides is 2. The van der Waals surface area contributed by atoms with Gasteiger partial charge in [-0.1, -0.05) is 0 Å². The van der Waals surface area contributed by atoms with E-state index >= 15 is 0 Å². The Morgan fingerprint density at radius 3 is 2.92 bits per heavy atom. The second kappa shape index (κ2) is 6.85. The molecule has 1 aliphatic rings. The molecule has 7 nitrogen and oxygen atoms in total. The second-order valence-corrected chi connectivity index (χ2v) is 6.46. The fraction of sp³-hybridized carbons (Fsp3) is 0.444. The molecule has 0 spiro atoms. The minimum absolute atomic E-state index is 0.0180. The van der Waals surface area contributed by atoms with Gasteiger partial charge in [-0.15, -0.1) is 0 Å². The number of carbonyl (C=O) groups excluding carboxylic acids is 2. The maximum atomic E-state index is 12.9. The summed E-state index contributed by atoms with van der Waals surface area (Å²) in [6, 6.07) is 7.12. The van der Waals surface area contributed by atoms with Crippen LogP contribution in [0.5, 0.6) is 0 Å². The zero-order chi connectivity index (χ0) is 18.0. The van der Waals surface area contributed by atoms with Crippen LogP contribution < -0.4 is 5.32 Å². The Kier molecular flexibility index (Phi) is 4.78. The fourth-order valence-electron chi connectivity index (χ4n) is 3.08. The number of hydrogen-bond donors (Lipinski definition) is 2. The second-order valence-electron chi connectivity index (χ2n) is 6.46. The molecular formula is C18H22N2O5. The van der Waals surface area contributed by atoms with Gasteiger partial charge in [0.25, 0.3) is 5.91 Å². The Morgan fingerprint density at radius 1 is 1.36 bits per heavy atom. The summed E-state index contributed by atoms with van der Waals surface area (Å²) >= 11 is 0. The van der Waals surface area contributed by atoms with Crippen molar-refractivity contribution in [1.29, 1.82) is 0 Å². The molecule has 1 aromatic heterocycles. The fourth-order valence-corrected chi connectivity index (χ4v) is 3.08. The average molecular weight is 346 g/mol. The lowest BCUT2D eigenvalue weighted by molar-refractivity contribution is -0.128. The van der Waals surface area contributed by atoms with E-state index in [0.29, 0.717) is 18.7 Å². The first kappa shape index (κ1) is 17.4. The molecule has 1 aliphatic heterocycles. The molecule has 3 rings (SSSR count). The smallest absolute Gasteiger partial charge is 0.254 e. The summed E-state index contributed by atoms with van der Waals surface area (Å²) in [6.07, 6.45) is -0.118. The van der Waals surface area contributed by atoms with Crippen LogP contribution in [0.15, 0.2) is 28.7 Å². The van der Waals surface area contributed by atoms with E-state index in [4.69, 9.17) is 9.15 Å². The number of β-amino-alcohol motifs (C(OH)–C–C–N with tert-alkyl or cyclic N) is 1. The van der Waals surface area contributed by atoms with Crippen molar-refractivity contribution in [2.75, 3.05) is 33.4 Å². The first-order valence-corrected chi connectivity index (χ1v) is 8.20. The molecule has 7 heteroatoms. The molecule has 0 radical (unpaired) electrons. The third-order valence-corrected chi connectivity index (χ3v) is 4.30. The van der Waals surface area contributed by atoms with E-state index in [-0.39, 0.29) is 31.4 Å². The van der Waals surface area contributed by atoms with Crippen molar-refractivity contribution in [1.82, 2.24) is 10.2 Å². The Morgan fingerprint density at radius 2 is 2.16 bits per heavy atom. The number of ether oxygens (including phenoxy) is 1. The highest BCUT2D eigenvalue weighted by Gasteiger charge is 2.36. The first-order valence-electron chi connectivity index (χ1n) is 8.20. The highest BCUT2D eigenvalue weighted by atomic mass is 16.5. The molecule has 2 aromatic rings. The van der Waals surface area contributed by atoms with Crippen LogP contribution in [-0.4, -0.2) is 60.8 Å². The Hall–Kier alpha value is -2.38. The normalized spacial score (nSPS) is 21.2. The molecule has 1 fully saturated rings. The molecule has 2 heterocycles. The molecule has 0 unspecified atom stereocenters. The van der Waals surface area contributed by atoms with Crippen LogP contribution in [0.3, 0.4) is 0 Å². The highest BCUT2D eigenvalue weighted by molar-refractivity contribution is 5.98. The Bertz CT molecular complexity index is 800. The van der Waals surface area contributed by atoms with E-state index in [1.807, 2.05) is 13.0 Å². The van der Waals surface area contributed by atoms with Gasteiger partial charge in [-0.2, -0.15) is 0 Å². The summed E-state index contributed by atoms with van der Waals surface area (Å²) in [4.78, 5) is 26.1. The minimum Gasteiger partial charge on any atom is -0.461 e. The van der Waals surface area contributed by atoms with Gasteiger partial charge in [-0.25, -0.2) is 0 Å². The molecule has 2 N–H and O–H groups in total. The Balaban J connectivity index is 1.82. The van der Waals surface area contributed by atoms with Crippen LogP contribution >= 0.6 is 0 Å². The Labute approximate surface area is 145 Å². The van der Waals surface area contributed by atoms with Gasteiger partial charge in [0.1, 0.15) is 16.9 Å². The number of carbonyl (C=O) groups is 2. The van der Waals surface area contributed by atoms with Crippen molar-refractivity contribution in [2.45, 2.75) is 18.9 Å². The number of furan rings is 1.